The maximum absolute atomic E-state index is 12.4. The van der Waals surface area contributed by atoms with Crippen molar-refractivity contribution in [3.05, 3.63) is 12.2 Å². The zero-order chi connectivity index (χ0) is 18.5. The van der Waals surface area contributed by atoms with Gasteiger partial charge in [-0.3, -0.25) is 9.59 Å². The van der Waals surface area contributed by atoms with E-state index in [4.69, 9.17) is 0 Å². The fourth-order valence-electron chi connectivity index (χ4n) is 3.85. The third-order valence-corrected chi connectivity index (χ3v) is 5.46. The molecule has 1 aliphatic carbocycles. The van der Waals surface area contributed by atoms with E-state index in [0.717, 1.165) is 32.0 Å². The first-order valence-electron chi connectivity index (χ1n) is 10.3. The molecule has 3 heteroatoms. The minimum Gasteiger partial charge on any atom is -0.303 e. The number of carbonyl (C=O) groups excluding carboxylic acids is 3. The molecule has 25 heavy (non-hydrogen) atoms. The molecule has 0 aliphatic heterocycles. The zero-order valence-corrected chi connectivity index (χ0v) is 16.2. The van der Waals surface area contributed by atoms with E-state index < -0.39 is 0 Å². The predicted octanol–water partition coefficient (Wildman–Crippen LogP) is 5.46. The molecule has 0 bridgehead atoms. The lowest BCUT2D eigenvalue weighted by Crippen LogP contribution is -2.28. The first-order valence-corrected chi connectivity index (χ1v) is 10.3. The van der Waals surface area contributed by atoms with Crippen molar-refractivity contribution in [3.63, 3.8) is 0 Å². The Bertz CT molecular complexity index is 439. The first-order chi connectivity index (χ1) is 12.1. The zero-order valence-electron chi connectivity index (χ0n) is 16.2. The van der Waals surface area contributed by atoms with Crippen molar-refractivity contribution in [1.82, 2.24) is 0 Å². The van der Waals surface area contributed by atoms with Crippen LogP contribution < -0.4 is 0 Å². The van der Waals surface area contributed by atoms with E-state index in [9.17, 15) is 14.4 Å². The van der Waals surface area contributed by atoms with Crippen molar-refractivity contribution in [1.29, 1.82) is 0 Å². The van der Waals surface area contributed by atoms with Crippen molar-refractivity contribution in [3.8, 4) is 0 Å². The van der Waals surface area contributed by atoms with E-state index >= 15 is 0 Å². The van der Waals surface area contributed by atoms with Crippen molar-refractivity contribution >= 4 is 17.9 Å². The molecular weight excluding hydrogens is 312 g/mol. The molecule has 0 radical (unpaired) electrons. The minimum absolute atomic E-state index is 0.130. The van der Waals surface area contributed by atoms with Gasteiger partial charge in [0.2, 0.25) is 0 Å². The van der Waals surface area contributed by atoms with Crippen LogP contribution in [0.2, 0.25) is 0 Å². The number of allylic oxidation sites excluding steroid dienone is 2. The molecule has 1 fully saturated rings. The number of Topliss-reactive ketones (excluding diaryl/α,β-unsaturated/α-hetero) is 2. The van der Waals surface area contributed by atoms with E-state index in [2.05, 4.69) is 19.1 Å². The third kappa shape index (κ3) is 8.11. The number of hydrogen-bond donors (Lipinski definition) is 0. The molecular formula is C22H36O3. The number of rotatable bonds is 14. The molecule has 0 aromatic heterocycles. The minimum atomic E-state index is -0.189. The standard InChI is InChI=1S/C22H36O3/c1-3-4-5-6-7-8-10-13-19-15-16-21(25)22(19)18(2)20(24)14-11-9-12-17-23/h10,13,17-19,22H,3-9,11-12,14-16H2,1-2H3/t18-,19+,22-/m1/s1. The summed E-state index contributed by atoms with van der Waals surface area (Å²) in [6.07, 6.45) is 16.8. The highest BCUT2D eigenvalue weighted by Gasteiger charge is 2.39. The lowest BCUT2D eigenvalue weighted by molar-refractivity contribution is -0.130. The topological polar surface area (TPSA) is 51.2 Å². The number of hydrogen-bond acceptors (Lipinski definition) is 3. The molecule has 0 aromatic rings. The number of carbonyl (C=O) groups is 3. The summed E-state index contributed by atoms with van der Waals surface area (Å²) in [7, 11) is 0. The van der Waals surface area contributed by atoms with Gasteiger partial charge in [0.05, 0.1) is 0 Å². The van der Waals surface area contributed by atoms with Crippen LogP contribution in [0.25, 0.3) is 0 Å². The molecule has 0 spiro atoms. The summed E-state index contributed by atoms with van der Waals surface area (Å²) >= 11 is 0. The highest BCUT2D eigenvalue weighted by Crippen LogP contribution is 2.36. The lowest BCUT2D eigenvalue weighted by Gasteiger charge is -2.21. The van der Waals surface area contributed by atoms with Crippen LogP contribution in [0.1, 0.15) is 90.9 Å². The van der Waals surface area contributed by atoms with Crippen molar-refractivity contribution in [2.75, 3.05) is 0 Å². The second-order valence-corrected chi connectivity index (χ2v) is 7.49. The number of ketones is 2. The van der Waals surface area contributed by atoms with Gasteiger partial charge in [-0.2, -0.15) is 0 Å². The summed E-state index contributed by atoms with van der Waals surface area (Å²) < 4.78 is 0. The molecule has 1 aliphatic rings. The second kappa shape index (κ2) is 13.0. The normalized spacial score (nSPS) is 21.8. The molecule has 142 valence electrons. The SMILES string of the molecule is CCCCCCCC=C[C@H]1CCC(=O)[C@@H]1[C@H](C)C(=O)CCCCC=O. The Morgan fingerprint density at radius 2 is 1.84 bits per heavy atom. The first kappa shape index (κ1) is 21.8. The van der Waals surface area contributed by atoms with Gasteiger partial charge in [-0.25, -0.2) is 0 Å². The van der Waals surface area contributed by atoms with Crippen LogP contribution in [0, 0.1) is 17.8 Å². The van der Waals surface area contributed by atoms with Crippen LogP contribution in [0.4, 0.5) is 0 Å². The van der Waals surface area contributed by atoms with E-state index in [1.54, 1.807) is 0 Å². The van der Waals surface area contributed by atoms with Crippen molar-refractivity contribution in [2.24, 2.45) is 17.8 Å². The Kier molecular flexibility index (Phi) is 11.3. The summed E-state index contributed by atoms with van der Waals surface area (Å²) in [5, 5.41) is 0. The maximum Gasteiger partial charge on any atom is 0.137 e. The molecule has 0 N–H and O–H groups in total. The van der Waals surface area contributed by atoms with Crippen LogP contribution >= 0.6 is 0 Å². The fourth-order valence-corrected chi connectivity index (χ4v) is 3.85. The quantitative estimate of drug-likeness (QED) is 0.238. The van der Waals surface area contributed by atoms with Gasteiger partial charge in [0.15, 0.2) is 0 Å². The monoisotopic (exact) mass is 348 g/mol. The smallest absolute Gasteiger partial charge is 0.137 e. The largest absolute Gasteiger partial charge is 0.303 e. The summed E-state index contributed by atoms with van der Waals surface area (Å²) in [5.74, 6) is 0.355. The van der Waals surface area contributed by atoms with Gasteiger partial charge >= 0.3 is 0 Å². The highest BCUT2D eigenvalue weighted by atomic mass is 16.1. The molecule has 0 saturated heterocycles. The molecule has 0 aromatic carbocycles. The third-order valence-electron chi connectivity index (χ3n) is 5.46. The van der Waals surface area contributed by atoms with Crippen molar-refractivity contribution < 1.29 is 14.4 Å². The molecule has 1 saturated carbocycles. The second-order valence-electron chi connectivity index (χ2n) is 7.49. The summed E-state index contributed by atoms with van der Waals surface area (Å²) in [6, 6.07) is 0. The van der Waals surface area contributed by atoms with Crippen LogP contribution in [0.3, 0.4) is 0 Å². The van der Waals surface area contributed by atoms with E-state index in [-0.39, 0.29) is 29.3 Å². The molecule has 3 nitrogen and oxygen atoms in total. The average molecular weight is 349 g/mol. The van der Waals surface area contributed by atoms with E-state index in [0.29, 0.717) is 19.3 Å². The Hall–Kier alpha value is -1.25. The van der Waals surface area contributed by atoms with E-state index in [1.165, 1.54) is 32.1 Å². The summed E-state index contributed by atoms with van der Waals surface area (Å²) in [5.41, 5.74) is 0. The summed E-state index contributed by atoms with van der Waals surface area (Å²) in [4.78, 5) is 35.0. The number of unbranched alkanes of at least 4 members (excludes halogenated alkanes) is 7. The Balaban J connectivity index is 2.42. The highest BCUT2D eigenvalue weighted by molar-refractivity contribution is 5.91. The van der Waals surface area contributed by atoms with Gasteiger partial charge in [-0.1, -0.05) is 51.7 Å². The average Bonchev–Trinajstić information content (AvgIpc) is 2.97. The molecule has 1 rings (SSSR count). The molecule has 0 amide bonds. The van der Waals surface area contributed by atoms with Gasteiger partial charge in [0.25, 0.3) is 0 Å². The number of aldehydes is 1. The Morgan fingerprint density at radius 1 is 1.12 bits per heavy atom. The molecule has 0 heterocycles. The van der Waals surface area contributed by atoms with Crippen LogP contribution in [0.15, 0.2) is 12.2 Å². The Morgan fingerprint density at radius 3 is 2.56 bits per heavy atom. The molecule has 3 atom stereocenters. The lowest BCUT2D eigenvalue weighted by atomic mass is 9.80. The Labute approximate surface area is 153 Å². The van der Waals surface area contributed by atoms with Crippen LogP contribution in [0.5, 0.6) is 0 Å². The predicted molar refractivity (Wildman–Crippen MR) is 102 cm³/mol. The summed E-state index contributed by atoms with van der Waals surface area (Å²) in [6.45, 7) is 4.14. The maximum atomic E-state index is 12.4. The molecule has 0 unspecified atom stereocenters. The van der Waals surface area contributed by atoms with Gasteiger partial charge in [-0.05, 0) is 38.0 Å². The van der Waals surface area contributed by atoms with Gasteiger partial charge in [0, 0.05) is 31.1 Å². The fraction of sp³-hybridized carbons (Fsp3) is 0.773. The van der Waals surface area contributed by atoms with Crippen molar-refractivity contribution in [2.45, 2.75) is 90.9 Å². The van der Waals surface area contributed by atoms with Gasteiger partial charge < -0.3 is 4.79 Å². The van der Waals surface area contributed by atoms with Gasteiger partial charge in [0.1, 0.15) is 17.9 Å². The van der Waals surface area contributed by atoms with Gasteiger partial charge in [-0.15, -0.1) is 0 Å². The van der Waals surface area contributed by atoms with E-state index in [1.807, 2.05) is 6.92 Å². The van der Waals surface area contributed by atoms with Crippen LogP contribution in [-0.2, 0) is 14.4 Å². The van der Waals surface area contributed by atoms with Crippen LogP contribution in [-0.4, -0.2) is 17.9 Å².